The van der Waals surface area contributed by atoms with E-state index in [1.807, 2.05) is 30.3 Å². The molecule has 0 saturated carbocycles. The number of rotatable bonds is 9. The first-order chi connectivity index (χ1) is 19.3. The molecule has 41 heavy (non-hydrogen) atoms. The predicted octanol–water partition coefficient (Wildman–Crippen LogP) is 6.66. The number of nitrogens with zero attached hydrogens (tertiary/aromatic N) is 1. The maximum atomic E-state index is 13.8. The van der Waals surface area contributed by atoms with Gasteiger partial charge >= 0.3 is 5.97 Å². The molecule has 0 atom stereocenters. The lowest BCUT2D eigenvalue weighted by Crippen LogP contribution is -2.39. The fourth-order valence-corrected chi connectivity index (χ4v) is 6.42. The van der Waals surface area contributed by atoms with Crippen molar-refractivity contribution in [2.24, 2.45) is 0 Å². The van der Waals surface area contributed by atoms with Crippen LogP contribution in [0.3, 0.4) is 0 Å². The number of fused-ring (bicyclic) bond motifs is 1. The van der Waals surface area contributed by atoms with Gasteiger partial charge in [-0.05, 0) is 79.9 Å². The molecule has 0 fully saturated rings. The minimum absolute atomic E-state index is 0.134. The number of ether oxygens (including phenoxy) is 1. The van der Waals surface area contributed by atoms with Gasteiger partial charge in [0, 0.05) is 22.2 Å². The fourth-order valence-electron chi connectivity index (χ4n) is 4.30. The molecule has 1 N–H and O–H groups in total. The Morgan fingerprint density at radius 3 is 2.22 bits per heavy atom. The number of amides is 1. The number of anilines is 1. The van der Waals surface area contributed by atoms with Gasteiger partial charge in [0.1, 0.15) is 12.1 Å². The van der Waals surface area contributed by atoms with Crippen LogP contribution in [-0.4, -0.2) is 39.0 Å². The first-order valence-corrected chi connectivity index (χ1v) is 15.1. The molecule has 4 aromatic carbocycles. The Bertz CT molecular complexity index is 1670. The van der Waals surface area contributed by atoms with Crippen molar-refractivity contribution in [2.75, 3.05) is 17.4 Å². The third-order valence-electron chi connectivity index (χ3n) is 6.06. The Balaban J connectivity index is 1.68. The van der Waals surface area contributed by atoms with Crippen LogP contribution in [0.15, 0.2) is 89.8 Å². The number of esters is 1. The van der Waals surface area contributed by atoms with Crippen molar-refractivity contribution < 1.29 is 22.7 Å². The number of carbonyl (C=O) groups is 2. The van der Waals surface area contributed by atoms with Gasteiger partial charge < -0.3 is 10.1 Å². The second kappa shape index (κ2) is 12.5. The van der Waals surface area contributed by atoms with Gasteiger partial charge in [-0.25, -0.2) is 8.42 Å². The third kappa shape index (κ3) is 7.79. The topological polar surface area (TPSA) is 92.8 Å². The molecular weight excluding hydrogens is 583 g/mol. The number of nitrogens with one attached hydrogen (secondary N) is 1. The van der Waals surface area contributed by atoms with E-state index in [1.54, 1.807) is 57.2 Å². The molecule has 0 spiro atoms. The van der Waals surface area contributed by atoms with Gasteiger partial charge in [0.15, 0.2) is 0 Å². The van der Waals surface area contributed by atoms with E-state index in [0.717, 1.165) is 9.87 Å². The van der Waals surface area contributed by atoms with Crippen molar-refractivity contribution in [1.82, 2.24) is 5.32 Å². The summed E-state index contributed by atoms with van der Waals surface area (Å²) in [6.45, 7) is 4.96. The molecule has 7 nitrogen and oxygen atoms in total. The minimum atomic E-state index is -4.30. The van der Waals surface area contributed by atoms with E-state index >= 15 is 0 Å². The van der Waals surface area contributed by atoms with Gasteiger partial charge in [-0.1, -0.05) is 71.7 Å². The number of halogens is 2. The largest absolute Gasteiger partial charge is 0.459 e. The number of carbonyl (C=O) groups excluding carboxylic acids is 2. The molecule has 1 amide bonds. The first-order valence-electron chi connectivity index (χ1n) is 12.9. The van der Waals surface area contributed by atoms with Crippen LogP contribution in [0.25, 0.3) is 10.8 Å². The fraction of sp³-hybridized carbons (Fsp3) is 0.226. The van der Waals surface area contributed by atoms with E-state index in [2.05, 4.69) is 5.32 Å². The average molecular weight is 614 g/mol. The third-order valence-corrected chi connectivity index (χ3v) is 8.24. The van der Waals surface area contributed by atoms with Crippen LogP contribution in [-0.2, 0) is 26.0 Å². The zero-order valence-electron chi connectivity index (χ0n) is 22.9. The lowest BCUT2D eigenvalue weighted by atomic mass is 10.0. The summed E-state index contributed by atoms with van der Waals surface area (Å²) in [6.07, 6.45) is 0.687. The molecular formula is C31H30Cl2N2O5S. The summed E-state index contributed by atoms with van der Waals surface area (Å²) in [5.74, 6) is -0.980. The molecule has 4 aromatic rings. The SMILES string of the molecule is CC(C)(C)OC(=O)CN(c1ccc2c(C(=O)NCCc3ccccc3)cccc2c1)S(=O)(=O)c1cc(Cl)cc(Cl)c1. The van der Waals surface area contributed by atoms with Crippen LogP contribution >= 0.6 is 23.2 Å². The van der Waals surface area contributed by atoms with Crippen molar-refractivity contribution in [3.8, 4) is 0 Å². The Morgan fingerprint density at radius 1 is 0.878 bits per heavy atom. The van der Waals surface area contributed by atoms with E-state index in [-0.39, 0.29) is 26.5 Å². The first kappa shape index (κ1) is 30.4. The van der Waals surface area contributed by atoms with Crippen molar-refractivity contribution >= 4 is 61.6 Å². The molecule has 0 aliphatic carbocycles. The maximum absolute atomic E-state index is 13.8. The molecule has 0 bridgehead atoms. The lowest BCUT2D eigenvalue weighted by molar-refractivity contribution is -0.152. The highest BCUT2D eigenvalue weighted by Gasteiger charge is 2.30. The Hall–Kier alpha value is -3.59. The summed E-state index contributed by atoms with van der Waals surface area (Å²) in [6, 6.07) is 23.8. The Labute approximate surface area is 250 Å². The van der Waals surface area contributed by atoms with Gasteiger partial charge in [-0.2, -0.15) is 0 Å². The number of hydrogen-bond donors (Lipinski definition) is 1. The number of hydrogen-bond acceptors (Lipinski definition) is 5. The molecule has 4 rings (SSSR count). The molecule has 214 valence electrons. The number of benzene rings is 4. The van der Waals surface area contributed by atoms with Crippen LogP contribution in [0.4, 0.5) is 5.69 Å². The van der Waals surface area contributed by atoms with Crippen molar-refractivity contribution in [2.45, 2.75) is 37.7 Å². The van der Waals surface area contributed by atoms with Crippen LogP contribution < -0.4 is 9.62 Å². The second-order valence-electron chi connectivity index (χ2n) is 10.4. The van der Waals surface area contributed by atoms with Crippen LogP contribution in [0.5, 0.6) is 0 Å². The quantitative estimate of drug-likeness (QED) is 0.213. The second-order valence-corrected chi connectivity index (χ2v) is 13.1. The van der Waals surface area contributed by atoms with Gasteiger partial charge in [0.25, 0.3) is 15.9 Å². The van der Waals surface area contributed by atoms with Gasteiger partial charge in [-0.15, -0.1) is 0 Å². The van der Waals surface area contributed by atoms with Gasteiger partial charge in [-0.3, -0.25) is 13.9 Å². The highest BCUT2D eigenvalue weighted by Crippen LogP contribution is 2.31. The highest BCUT2D eigenvalue weighted by atomic mass is 35.5. The molecule has 0 radical (unpaired) electrons. The Kier molecular flexibility index (Phi) is 9.27. The predicted molar refractivity (Wildman–Crippen MR) is 163 cm³/mol. The zero-order valence-corrected chi connectivity index (χ0v) is 25.2. The summed E-state index contributed by atoms with van der Waals surface area (Å²) in [5, 5.41) is 4.47. The minimum Gasteiger partial charge on any atom is -0.459 e. The van der Waals surface area contributed by atoms with E-state index < -0.39 is 28.1 Å². The summed E-state index contributed by atoms with van der Waals surface area (Å²) in [7, 11) is -4.30. The molecule has 0 unspecified atom stereocenters. The summed E-state index contributed by atoms with van der Waals surface area (Å²) < 4.78 is 34.0. The maximum Gasteiger partial charge on any atom is 0.327 e. The molecule has 0 aliphatic heterocycles. The Morgan fingerprint density at radius 2 is 1.56 bits per heavy atom. The normalized spacial score (nSPS) is 11.7. The van der Waals surface area contributed by atoms with E-state index in [0.29, 0.717) is 29.3 Å². The average Bonchev–Trinajstić information content (AvgIpc) is 2.90. The molecule has 0 aromatic heterocycles. The van der Waals surface area contributed by atoms with Gasteiger partial charge in [0.2, 0.25) is 0 Å². The summed E-state index contributed by atoms with van der Waals surface area (Å²) >= 11 is 12.2. The number of sulfonamides is 1. The van der Waals surface area contributed by atoms with Crippen molar-refractivity contribution in [1.29, 1.82) is 0 Å². The summed E-state index contributed by atoms with van der Waals surface area (Å²) in [4.78, 5) is 25.7. The molecule has 0 aliphatic rings. The molecule has 0 saturated heterocycles. The highest BCUT2D eigenvalue weighted by molar-refractivity contribution is 7.92. The lowest BCUT2D eigenvalue weighted by Gasteiger charge is -2.27. The zero-order chi connectivity index (χ0) is 29.8. The van der Waals surface area contributed by atoms with E-state index in [4.69, 9.17) is 27.9 Å². The smallest absolute Gasteiger partial charge is 0.327 e. The van der Waals surface area contributed by atoms with E-state index in [9.17, 15) is 18.0 Å². The van der Waals surface area contributed by atoms with Crippen molar-refractivity contribution in [3.05, 3.63) is 106 Å². The van der Waals surface area contributed by atoms with Crippen LogP contribution in [0.2, 0.25) is 10.0 Å². The van der Waals surface area contributed by atoms with Gasteiger partial charge in [0.05, 0.1) is 10.6 Å². The van der Waals surface area contributed by atoms with Crippen LogP contribution in [0.1, 0.15) is 36.7 Å². The molecule has 0 heterocycles. The van der Waals surface area contributed by atoms with E-state index in [1.165, 1.54) is 18.2 Å². The summed E-state index contributed by atoms with van der Waals surface area (Å²) in [5.41, 5.74) is 0.951. The standard InChI is InChI=1S/C31H30Cl2N2O5S/c1-31(2,3)40-29(36)20-35(41(38,39)26-18-23(32)17-24(33)19-26)25-12-13-27-22(16-25)10-7-11-28(27)30(37)34-15-14-21-8-5-4-6-9-21/h4-13,16-19H,14-15,20H2,1-3H3,(H,34,37). The van der Waals surface area contributed by atoms with Crippen LogP contribution in [0, 0.1) is 0 Å². The molecule has 10 heteroatoms. The van der Waals surface area contributed by atoms with Crippen molar-refractivity contribution in [3.63, 3.8) is 0 Å². The monoisotopic (exact) mass is 612 g/mol.